The van der Waals surface area contributed by atoms with Crippen molar-refractivity contribution in [2.24, 2.45) is 0 Å². The van der Waals surface area contributed by atoms with Crippen molar-refractivity contribution in [3.05, 3.63) is 64.7 Å². The molecule has 0 heterocycles. The molecule has 0 aromatic heterocycles. The SMILES string of the molecule is Cc1ccc([C@H](C)NC(=O)CN(c2cc(C)ccc2C)S(C)(=O)=O)cc1. The zero-order chi connectivity index (χ0) is 19.5. The number of nitrogens with one attached hydrogen (secondary N) is 1. The molecule has 1 atom stereocenters. The Morgan fingerprint density at radius 2 is 1.62 bits per heavy atom. The van der Waals surface area contributed by atoms with Gasteiger partial charge >= 0.3 is 0 Å². The largest absolute Gasteiger partial charge is 0.348 e. The highest BCUT2D eigenvalue weighted by Gasteiger charge is 2.23. The van der Waals surface area contributed by atoms with Crippen LogP contribution in [-0.2, 0) is 14.8 Å². The fourth-order valence-electron chi connectivity index (χ4n) is 2.73. The molecule has 0 spiro atoms. The van der Waals surface area contributed by atoms with E-state index in [-0.39, 0.29) is 18.5 Å². The maximum Gasteiger partial charge on any atom is 0.241 e. The average molecular weight is 375 g/mol. The molecule has 0 bridgehead atoms. The second kappa shape index (κ2) is 7.91. The number of hydrogen-bond acceptors (Lipinski definition) is 3. The van der Waals surface area contributed by atoms with Gasteiger partial charge in [-0.15, -0.1) is 0 Å². The van der Waals surface area contributed by atoms with Gasteiger partial charge in [-0.25, -0.2) is 8.42 Å². The highest BCUT2D eigenvalue weighted by atomic mass is 32.2. The molecular weight excluding hydrogens is 348 g/mol. The average Bonchev–Trinajstić information content (AvgIpc) is 2.54. The van der Waals surface area contributed by atoms with Crippen LogP contribution in [0.15, 0.2) is 42.5 Å². The van der Waals surface area contributed by atoms with E-state index in [0.717, 1.165) is 32.8 Å². The lowest BCUT2D eigenvalue weighted by molar-refractivity contribution is -0.120. The number of aryl methyl sites for hydroxylation is 3. The van der Waals surface area contributed by atoms with Gasteiger partial charge in [0.1, 0.15) is 6.54 Å². The van der Waals surface area contributed by atoms with Crippen molar-refractivity contribution in [1.29, 1.82) is 0 Å². The fourth-order valence-corrected chi connectivity index (χ4v) is 3.63. The Morgan fingerprint density at radius 1 is 1.04 bits per heavy atom. The summed E-state index contributed by atoms with van der Waals surface area (Å²) >= 11 is 0. The first-order valence-electron chi connectivity index (χ1n) is 8.49. The predicted octanol–water partition coefficient (Wildman–Crippen LogP) is 3.26. The fraction of sp³-hybridized carbons (Fsp3) is 0.350. The van der Waals surface area contributed by atoms with Crippen LogP contribution >= 0.6 is 0 Å². The lowest BCUT2D eigenvalue weighted by Crippen LogP contribution is -2.41. The van der Waals surface area contributed by atoms with E-state index in [9.17, 15) is 13.2 Å². The van der Waals surface area contributed by atoms with Gasteiger partial charge in [-0.3, -0.25) is 9.10 Å². The Hall–Kier alpha value is -2.34. The van der Waals surface area contributed by atoms with E-state index < -0.39 is 10.0 Å². The maximum atomic E-state index is 12.5. The first kappa shape index (κ1) is 20.0. The minimum Gasteiger partial charge on any atom is -0.348 e. The third kappa shape index (κ3) is 5.08. The number of nitrogens with zero attached hydrogens (tertiary/aromatic N) is 1. The molecule has 2 rings (SSSR count). The number of carbonyl (C=O) groups excluding carboxylic acids is 1. The van der Waals surface area contributed by atoms with Crippen LogP contribution in [0, 0.1) is 20.8 Å². The van der Waals surface area contributed by atoms with E-state index in [0.29, 0.717) is 5.69 Å². The van der Waals surface area contributed by atoms with E-state index >= 15 is 0 Å². The number of amides is 1. The van der Waals surface area contributed by atoms with Crippen molar-refractivity contribution in [2.75, 3.05) is 17.1 Å². The summed E-state index contributed by atoms with van der Waals surface area (Å²) in [4.78, 5) is 12.5. The zero-order valence-corrected chi connectivity index (χ0v) is 16.7. The summed E-state index contributed by atoms with van der Waals surface area (Å²) in [6.07, 6.45) is 1.12. The molecule has 6 heteroatoms. The van der Waals surface area contributed by atoms with Gasteiger partial charge in [-0.2, -0.15) is 0 Å². The second-order valence-electron chi connectivity index (χ2n) is 6.76. The van der Waals surface area contributed by atoms with Crippen LogP contribution in [-0.4, -0.2) is 27.1 Å². The van der Waals surface area contributed by atoms with Crippen LogP contribution in [0.2, 0.25) is 0 Å². The summed E-state index contributed by atoms with van der Waals surface area (Å²) in [5, 5.41) is 2.88. The smallest absolute Gasteiger partial charge is 0.241 e. The van der Waals surface area contributed by atoms with Gasteiger partial charge in [-0.1, -0.05) is 42.0 Å². The van der Waals surface area contributed by atoms with E-state index in [4.69, 9.17) is 0 Å². The molecule has 0 fully saturated rings. The summed E-state index contributed by atoms with van der Waals surface area (Å²) < 4.78 is 25.7. The molecule has 0 aliphatic carbocycles. The van der Waals surface area contributed by atoms with Gasteiger partial charge in [0.25, 0.3) is 0 Å². The van der Waals surface area contributed by atoms with Crippen LogP contribution in [0.25, 0.3) is 0 Å². The minimum absolute atomic E-state index is 0.205. The summed E-state index contributed by atoms with van der Waals surface area (Å²) in [6, 6.07) is 13.2. The third-order valence-electron chi connectivity index (χ3n) is 4.28. The van der Waals surface area contributed by atoms with Crippen LogP contribution in [0.4, 0.5) is 5.69 Å². The number of anilines is 1. The number of carbonyl (C=O) groups is 1. The van der Waals surface area contributed by atoms with E-state index in [2.05, 4.69) is 5.32 Å². The maximum absolute atomic E-state index is 12.5. The Bertz CT molecular complexity index is 890. The molecule has 0 aliphatic rings. The van der Waals surface area contributed by atoms with Gasteiger partial charge in [0, 0.05) is 0 Å². The van der Waals surface area contributed by atoms with Gasteiger partial charge in [0.2, 0.25) is 15.9 Å². The lowest BCUT2D eigenvalue weighted by Gasteiger charge is -2.25. The van der Waals surface area contributed by atoms with Crippen LogP contribution in [0.1, 0.15) is 35.2 Å². The number of sulfonamides is 1. The zero-order valence-electron chi connectivity index (χ0n) is 15.9. The van der Waals surface area contributed by atoms with Crippen molar-refractivity contribution >= 4 is 21.6 Å². The highest BCUT2D eigenvalue weighted by molar-refractivity contribution is 7.92. The van der Waals surface area contributed by atoms with E-state index in [1.165, 1.54) is 0 Å². The molecular formula is C20H26N2O3S. The highest BCUT2D eigenvalue weighted by Crippen LogP contribution is 2.24. The normalized spacial score (nSPS) is 12.5. The Balaban J connectivity index is 2.19. The van der Waals surface area contributed by atoms with Crippen molar-refractivity contribution in [2.45, 2.75) is 33.7 Å². The van der Waals surface area contributed by atoms with Crippen molar-refractivity contribution in [3.63, 3.8) is 0 Å². The first-order chi connectivity index (χ1) is 12.1. The number of rotatable bonds is 6. The lowest BCUT2D eigenvalue weighted by atomic mass is 10.1. The molecule has 0 radical (unpaired) electrons. The monoisotopic (exact) mass is 374 g/mol. The number of benzene rings is 2. The van der Waals surface area contributed by atoms with E-state index in [1.807, 2.05) is 64.1 Å². The van der Waals surface area contributed by atoms with Crippen molar-refractivity contribution in [1.82, 2.24) is 5.32 Å². The molecule has 5 nitrogen and oxygen atoms in total. The third-order valence-corrected chi connectivity index (χ3v) is 5.40. The molecule has 140 valence electrons. The molecule has 0 saturated heterocycles. The summed E-state index contributed by atoms with van der Waals surface area (Å²) in [6.45, 7) is 7.36. The Morgan fingerprint density at radius 3 is 2.19 bits per heavy atom. The molecule has 0 aliphatic heterocycles. The summed E-state index contributed by atoms with van der Waals surface area (Å²) in [5.74, 6) is -0.343. The molecule has 2 aromatic rings. The number of hydrogen-bond donors (Lipinski definition) is 1. The summed E-state index contributed by atoms with van der Waals surface area (Å²) in [7, 11) is -3.59. The van der Waals surface area contributed by atoms with Gasteiger partial charge in [0.05, 0.1) is 18.0 Å². The standard InChI is InChI=1S/C20H26N2O3S/c1-14-7-10-18(11-8-14)17(4)21-20(23)13-22(26(5,24)25)19-12-15(2)6-9-16(19)3/h6-12,17H,13H2,1-5H3,(H,21,23)/t17-/m0/s1. The van der Waals surface area contributed by atoms with Crippen LogP contribution in [0.3, 0.4) is 0 Å². The minimum atomic E-state index is -3.59. The van der Waals surface area contributed by atoms with Crippen molar-refractivity contribution < 1.29 is 13.2 Å². The topological polar surface area (TPSA) is 66.5 Å². The van der Waals surface area contributed by atoms with Crippen LogP contribution < -0.4 is 9.62 Å². The molecule has 0 unspecified atom stereocenters. The molecule has 1 N–H and O–H groups in total. The van der Waals surface area contributed by atoms with Gasteiger partial charge < -0.3 is 5.32 Å². The Kier molecular flexibility index (Phi) is 6.08. The Labute approximate surface area is 156 Å². The second-order valence-corrected chi connectivity index (χ2v) is 8.67. The first-order valence-corrected chi connectivity index (χ1v) is 10.3. The van der Waals surface area contributed by atoms with E-state index in [1.54, 1.807) is 6.07 Å². The molecule has 1 amide bonds. The van der Waals surface area contributed by atoms with Gasteiger partial charge in [0.15, 0.2) is 0 Å². The van der Waals surface area contributed by atoms with Gasteiger partial charge in [-0.05, 0) is 50.5 Å². The molecule has 26 heavy (non-hydrogen) atoms. The predicted molar refractivity (Wildman–Crippen MR) is 106 cm³/mol. The quantitative estimate of drug-likeness (QED) is 0.844. The van der Waals surface area contributed by atoms with Crippen molar-refractivity contribution in [3.8, 4) is 0 Å². The summed E-state index contributed by atoms with van der Waals surface area (Å²) in [5.41, 5.74) is 4.39. The molecule has 2 aromatic carbocycles. The molecule has 0 saturated carbocycles. The van der Waals surface area contributed by atoms with Crippen LogP contribution in [0.5, 0.6) is 0 Å².